The Labute approximate surface area is 181 Å². The Kier molecular flexibility index (Phi) is 5.95. The van der Waals surface area contributed by atoms with Crippen molar-refractivity contribution in [3.8, 4) is 23.0 Å². The molecule has 7 atom stereocenters. The van der Waals surface area contributed by atoms with Crippen molar-refractivity contribution in [2.24, 2.45) is 0 Å². The molecule has 2 heterocycles. The number of phenols is 3. The number of aromatic hydroxyl groups is 3. The second-order valence-electron chi connectivity index (χ2n) is 7.59. The molecule has 0 radical (unpaired) electrons. The monoisotopic (exact) mass is 450 g/mol. The summed E-state index contributed by atoms with van der Waals surface area (Å²) in [4.78, 5) is 13.3. The van der Waals surface area contributed by atoms with Crippen molar-refractivity contribution in [1.82, 2.24) is 0 Å². The van der Waals surface area contributed by atoms with Gasteiger partial charge in [-0.2, -0.15) is 0 Å². The van der Waals surface area contributed by atoms with Gasteiger partial charge in [0, 0.05) is 12.1 Å². The van der Waals surface area contributed by atoms with Crippen LogP contribution in [0.3, 0.4) is 0 Å². The number of Topliss-reactive ketones (excluding diaryl/α,β-unsaturated/α-hetero) is 1. The van der Waals surface area contributed by atoms with Crippen LogP contribution in [0.4, 0.5) is 0 Å². The van der Waals surface area contributed by atoms with Gasteiger partial charge < -0.3 is 50.0 Å². The molecule has 0 aromatic heterocycles. The number of carbonyl (C=O) groups is 1. The first-order valence-electron chi connectivity index (χ1n) is 9.73. The first kappa shape index (κ1) is 22.3. The molecule has 2 aromatic carbocycles. The van der Waals surface area contributed by atoms with Crippen LogP contribution in [0.15, 0.2) is 36.4 Å². The minimum Gasteiger partial charge on any atom is -0.508 e. The molecular formula is C21H22O11. The molecule has 2 aliphatic heterocycles. The number of phenolic OH excluding ortho intramolecular Hbond substituents is 3. The van der Waals surface area contributed by atoms with Gasteiger partial charge in [-0.15, -0.1) is 0 Å². The van der Waals surface area contributed by atoms with Gasteiger partial charge in [-0.05, 0) is 17.7 Å². The highest BCUT2D eigenvalue weighted by atomic mass is 16.7. The largest absolute Gasteiger partial charge is 0.508 e. The molecule has 11 heteroatoms. The number of aliphatic hydroxyl groups is 4. The van der Waals surface area contributed by atoms with Crippen LogP contribution in [-0.4, -0.2) is 84.9 Å². The molecule has 1 fully saturated rings. The molecule has 7 N–H and O–H groups in total. The summed E-state index contributed by atoms with van der Waals surface area (Å²) >= 11 is 0. The molecule has 2 aromatic rings. The SMILES string of the molecule is O=C1c2c(O)cc(O)cc2O[C@@H](c2ccc(O)cc2)[C@H]1O[C@H]1O[C@@H](CO)[C@H](O)[C@@H](O)[C@@H]1O. The fraction of sp³-hybridized carbons (Fsp3) is 0.381. The number of ether oxygens (including phenoxy) is 3. The van der Waals surface area contributed by atoms with Crippen molar-refractivity contribution in [1.29, 1.82) is 0 Å². The zero-order valence-corrected chi connectivity index (χ0v) is 16.5. The maximum Gasteiger partial charge on any atom is 0.203 e. The van der Waals surface area contributed by atoms with Gasteiger partial charge in [0.25, 0.3) is 0 Å². The molecule has 172 valence electrons. The van der Waals surface area contributed by atoms with Crippen molar-refractivity contribution in [2.45, 2.75) is 42.9 Å². The number of aliphatic hydroxyl groups excluding tert-OH is 4. The third kappa shape index (κ3) is 3.86. The maximum absolute atomic E-state index is 13.3. The van der Waals surface area contributed by atoms with Crippen molar-refractivity contribution >= 4 is 5.78 Å². The summed E-state index contributed by atoms with van der Waals surface area (Å²) in [5, 5.41) is 69.2. The number of rotatable bonds is 4. The van der Waals surface area contributed by atoms with E-state index in [1.807, 2.05) is 0 Å². The first-order chi connectivity index (χ1) is 15.2. The van der Waals surface area contributed by atoms with E-state index in [1.54, 1.807) is 0 Å². The summed E-state index contributed by atoms with van der Waals surface area (Å²) in [6.45, 7) is -0.690. The molecule has 4 rings (SSSR count). The lowest BCUT2D eigenvalue weighted by Crippen LogP contribution is -2.60. The van der Waals surface area contributed by atoms with Gasteiger partial charge in [0.1, 0.15) is 53.0 Å². The molecule has 32 heavy (non-hydrogen) atoms. The van der Waals surface area contributed by atoms with Crippen molar-refractivity contribution in [2.75, 3.05) is 6.61 Å². The molecule has 0 saturated carbocycles. The van der Waals surface area contributed by atoms with Gasteiger partial charge in [-0.25, -0.2) is 0 Å². The standard InChI is InChI=1S/C21H22O11/c22-7-13-15(26)17(28)18(29)21(31-13)32-20-16(27)14-11(25)5-10(24)6-12(14)30-19(20)8-1-3-9(23)4-2-8/h1-6,13,15,17-26,28-29H,7H2/t13-,15-,17+,18-,19-,20-,21+/m0/s1. The number of ketones is 1. The van der Waals surface area contributed by atoms with Gasteiger partial charge in [0.2, 0.25) is 5.78 Å². The highest BCUT2D eigenvalue weighted by molar-refractivity contribution is 6.05. The van der Waals surface area contributed by atoms with Gasteiger partial charge in [0.15, 0.2) is 18.5 Å². The van der Waals surface area contributed by atoms with Crippen LogP contribution in [0.5, 0.6) is 23.0 Å². The number of hydrogen-bond acceptors (Lipinski definition) is 11. The topological polar surface area (TPSA) is 186 Å². The Morgan fingerprint density at radius 3 is 2.25 bits per heavy atom. The van der Waals surface area contributed by atoms with E-state index in [9.17, 15) is 40.5 Å². The van der Waals surface area contributed by atoms with Crippen LogP contribution in [0.25, 0.3) is 0 Å². The zero-order chi connectivity index (χ0) is 23.2. The summed E-state index contributed by atoms with van der Waals surface area (Å²) in [6, 6.07) is 7.72. The molecule has 0 unspecified atom stereocenters. The van der Waals surface area contributed by atoms with E-state index in [2.05, 4.69) is 0 Å². The van der Waals surface area contributed by atoms with E-state index >= 15 is 0 Å². The van der Waals surface area contributed by atoms with Crippen LogP contribution < -0.4 is 4.74 Å². The van der Waals surface area contributed by atoms with Crippen LogP contribution >= 0.6 is 0 Å². The lowest BCUT2D eigenvalue weighted by atomic mass is 9.92. The number of carbonyl (C=O) groups excluding carboxylic acids is 1. The van der Waals surface area contributed by atoms with Gasteiger partial charge in [0.05, 0.1) is 6.61 Å². The predicted octanol–water partition coefficient (Wildman–Crippen LogP) is -0.695. The average molecular weight is 450 g/mol. The summed E-state index contributed by atoms with van der Waals surface area (Å²) in [6.07, 6.45) is -10.7. The van der Waals surface area contributed by atoms with E-state index in [1.165, 1.54) is 24.3 Å². The second kappa shape index (κ2) is 8.54. The van der Waals surface area contributed by atoms with Crippen LogP contribution in [0, 0.1) is 0 Å². The molecule has 0 amide bonds. The molecule has 1 saturated heterocycles. The Bertz CT molecular complexity index is 990. The molecule has 0 aliphatic carbocycles. The fourth-order valence-corrected chi connectivity index (χ4v) is 3.77. The Balaban J connectivity index is 1.72. The first-order valence-corrected chi connectivity index (χ1v) is 9.73. The number of hydrogen-bond donors (Lipinski definition) is 7. The lowest BCUT2D eigenvalue weighted by molar-refractivity contribution is -0.311. The van der Waals surface area contributed by atoms with Crippen molar-refractivity contribution in [3.05, 3.63) is 47.5 Å². The van der Waals surface area contributed by atoms with Crippen LogP contribution in [0.2, 0.25) is 0 Å². The lowest BCUT2D eigenvalue weighted by Gasteiger charge is -2.42. The fourth-order valence-electron chi connectivity index (χ4n) is 3.77. The zero-order valence-electron chi connectivity index (χ0n) is 16.5. The third-order valence-electron chi connectivity index (χ3n) is 5.45. The maximum atomic E-state index is 13.3. The van der Waals surface area contributed by atoms with Gasteiger partial charge >= 0.3 is 0 Å². The average Bonchev–Trinajstić information content (AvgIpc) is 2.75. The van der Waals surface area contributed by atoms with E-state index in [4.69, 9.17) is 14.2 Å². The third-order valence-corrected chi connectivity index (χ3v) is 5.45. The van der Waals surface area contributed by atoms with Gasteiger partial charge in [-0.3, -0.25) is 4.79 Å². The van der Waals surface area contributed by atoms with Crippen molar-refractivity contribution in [3.63, 3.8) is 0 Å². The van der Waals surface area contributed by atoms with Gasteiger partial charge in [-0.1, -0.05) is 12.1 Å². The van der Waals surface area contributed by atoms with Crippen LogP contribution in [0.1, 0.15) is 22.0 Å². The highest BCUT2D eigenvalue weighted by Crippen LogP contribution is 2.43. The minimum atomic E-state index is -1.77. The summed E-state index contributed by atoms with van der Waals surface area (Å²) in [7, 11) is 0. The van der Waals surface area contributed by atoms with Crippen LogP contribution in [-0.2, 0) is 9.47 Å². The normalized spacial score (nSPS) is 32.2. The molecule has 2 aliphatic rings. The molecular weight excluding hydrogens is 428 g/mol. The quantitative estimate of drug-likeness (QED) is 0.312. The van der Waals surface area contributed by atoms with Crippen molar-refractivity contribution < 1.29 is 54.8 Å². The number of benzene rings is 2. The van der Waals surface area contributed by atoms with E-state index < -0.39 is 61.1 Å². The summed E-state index contributed by atoms with van der Waals surface area (Å²) in [5.41, 5.74) is 0.103. The van der Waals surface area contributed by atoms with E-state index in [0.717, 1.165) is 12.1 Å². The second-order valence-corrected chi connectivity index (χ2v) is 7.59. The Hall–Kier alpha value is -2.93. The Morgan fingerprint density at radius 1 is 0.906 bits per heavy atom. The summed E-state index contributed by atoms with van der Waals surface area (Å²) in [5.74, 6) is -1.82. The number of fused-ring (bicyclic) bond motifs is 1. The van der Waals surface area contributed by atoms with E-state index in [-0.39, 0.29) is 22.8 Å². The minimum absolute atomic E-state index is 0.0435. The molecule has 0 bridgehead atoms. The summed E-state index contributed by atoms with van der Waals surface area (Å²) < 4.78 is 16.9. The predicted molar refractivity (Wildman–Crippen MR) is 104 cm³/mol. The smallest absolute Gasteiger partial charge is 0.203 e. The molecule has 0 spiro atoms. The van der Waals surface area contributed by atoms with E-state index in [0.29, 0.717) is 5.56 Å². The highest BCUT2D eigenvalue weighted by Gasteiger charge is 2.49. The molecule has 11 nitrogen and oxygen atoms in total. The Morgan fingerprint density at radius 2 is 1.59 bits per heavy atom.